The summed E-state index contributed by atoms with van der Waals surface area (Å²) in [5.74, 6) is -1.83. The highest BCUT2D eigenvalue weighted by Gasteiger charge is 2.24. The molecular weight excluding hydrogens is 372 g/mol. The van der Waals surface area contributed by atoms with Crippen molar-refractivity contribution in [2.75, 3.05) is 0 Å². The maximum Gasteiger partial charge on any atom is 0.326 e. The lowest BCUT2D eigenvalue weighted by Gasteiger charge is -2.15. The Morgan fingerprint density at radius 3 is 2.10 bits per heavy atom. The topological polar surface area (TPSA) is 110 Å². The van der Waals surface area contributed by atoms with Crippen molar-refractivity contribution in [3.8, 4) is 11.1 Å². The molecule has 29 heavy (non-hydrogen) atoms. The summed E-state index contributed by atoms with van der Waals surface area (Å²) in [5, 5.41) is 23.1. The molecule has 3 rings (SSSR count). The Labute approximate surface area is 166 Å². The van der Waals surface area contributed by atoms with Gasteiger partial charge in [-0.1, -0.05) is 60.7 Å². The zero-order chi connectivity index (χ0) is 20.8. The number of nitrogens with zero attached hydrogens (tertiary/aromatic N) is 1. The van der Waals surface area contributed by atoms with Gasteiger partial charge in [0.25, 0.3) is 11.6 Å². The monoisotopic (exact) mass is 390 g/mol. The lowest BCUT2D eigenvalue weighted by Crippen LogP contribution is -2.42. The lowest BCUT2D eigenvalue weighted by atomic mass is 10.0. The Morgan fingerprint density at radius 2 is 1.48 bits per heavy atom. The molecule has 0 unspecified atom stereocenters. The molecular formula is C22H18N2O5. The van der Waals surface area contributed by atoms with Gasteiger partial charge in [0.05, 0.1) is 4.92 Å². The number of rotatable bonds is 7. The Kier molecular flexibility index (Phi) is 5.99. The first-order chi connectivity index (χ1) is 14.0. The third-order valence-corrected chi connectivity index (χ3v) is 4.47. The van der Waals surface area contributed by atoms with E-state index in [0.29, 0.717) is 5.56 Å². The number of carbonyl (C=O) groups excluding carboxylic acids is 1. The second-order valence-electron chi connectivity index (χ2n) is 6.40. The van der Waals surface area contributed by atoms with Gasteiger partial charge in [0.2, 0.25) is 0 Å². The van der Waals surface area contributed by atoms with Crippen molar-refractivity contribution >= 4 is 17.6 Å². The molecule has 7 heteroatoms. The van der Waals surface area contributed by atoms with Gasteiger partial charge in [0, 0.05) is 23.6 Å². The number of nitro benzene ring substituents is 1. The summed E-state index contributed by atoms with van der Waals surface area (Å²) in [7, 11) is 0. The maximum atomic E-state index is 12.5. The summed E-state index contributed by atoms with van der Waals surface area (Å²) in [6.45, 7) is 0. The van der Waals surface area contributed by atoms with E-state index >= 15 is 0 Å². The van der Waals surface area contributed by atoms with Crippen molar-refractivity contribution in [2.45, 2.75) is 12.5 Å². The van der Waals surface area contributed by atoms with Crippen molar-refractivity contribution < 1.29 is 19.6 Å². The molecule has 0 aliphatic carbocycles. The van der Waals surface area contributed by atoms with Gasteiger partial charge >= 0.3 is 5.97 Å². The van der Waals surface area contributed by atoms with E-state index in [-0.39, 0.29) is 17.7 Å². The van der Waals surface area contributed by atoms with Gasteiger partial charge in [-0.2, -0.15) is 0 Å². The van der Waals surface area contributed by atoms with Crippen LogP contribution in [0.3, 0.4) is 0 Å². The molecule has 3 aromatic carbocycles. The number of hydrogen-bond acceptors (Lipinski definition) is 4. The summed E-state index contributed by atoms with van der Waals surface area (Å²) in [5.41, 5.74) is 2.29. The fourth-order valence-corrected chi connectivity index (χ4v) is 2.97. The van der Waals surface area contributed by atoms with Crippen LogP contribution in [0, 0.1) is 10.1 Å². The fraction of sp³-hybridized carbons (Fsp3) is 0.0909. The molecule has 0 saturated carbocycles. The van der Waals surface area contributed by atoms with E-state index < -0.39 is 22.8 Å². The normalized spacial score (nSPS) is 11.4. The molecule has 1 atom stereocenters. The first kappa shape index (κ1) is 19.8. The Hall–Kier alpha value is -4.00. The molecule has 0 aromatic heterocycles. The van der Waals surface area contributed by atoms with Crippen LogP contribution in [0.15, 0.2) is 78.9 Å². The van der Waals surface area contributed by atoms with Crippen molar-refractivity contribution in [1.82, 2.24) is 5.32 Å². The number of nitrogens with one attached hydrogen (secondary N) is 1. The molecule has 0 saturated heterocycles. The second-order valence-corrected chi connectivity index (χ2v) is 6.40. The van der Waals surface area contributed by atoms with Gasteiger partial charge in [0.1, 0.15) is 6.04 Å². The number of aliphatic carboxylic acids is 1. The van der Waals surface area contributed by atoms with Crippen LogP contribution < -0.4 is 5.32 Å². The van der Waals surface area contributed by atoms with Crippen LogP contribution in [0.1, 0.15) is 15.9 Å². The largest absolute Gasteiger partial charge is 0.480 e. The lowest BCUT2D eigenvalue weighted by molar-refractivity contribution is -0.385. The van der Waals surface area contributed by atoms with Gasteiger partial charge in [-0.3, -0.25) is 14.9 Å². The highest BCUT2D eigenvalue weighted by Crippen LogP contribution is 2.21. The minimum Gasteiger partial charge on any atom is -0.480 e. The van der Waals surface area contributed by atoms with Gasteiger partial charge < -0.3 is 10.4 Å². The molecule has 0 fully saturated rings. The van der Waals surface area contributed by atoms with E-state index in [0.717, 1.165) is 11.1 Å². The van der Waals surface area contributed by atoms with E-state index in [4.69, 9.17) is 0 Å². The average Bonchev–Trinajstić information content (AvgIpc) is 2.74. The fourth-order valence-electron chi connectivity index (χ4n) is 2.97. The number of hydrogen-bond donors (Lipinski definition) is 2. The minimum absolute atomic E-state index is 0.180. The SMILES string of the molecule is O=C(N[C@H](Cc1ccccc1[N+](=O)[O-])C(=O)O)c1ccc(-c2ccccc2)cc1. The van der Waals surface area contributed by atoms with Crippen LogP contribution in [0.4, 0.5) is 5.69 Å². The zero-order valence-electron chi connectivity index (χ0n) is 15.3. The molecule has 0 radical (unpaired) electrons. The highest BCUT2D eigenvalue weighted by atomic mass is 16.6. The summed E-state index contributed by atoms with van der Waals surface area (Å²) >= 11 is 0. The number of amides is 1. The van der Waals surface area contributed by atoms with Crippen LogP contribution in [-0.2, 0) is 11.2 Å². The number of benzene rings is 3. The van der Waals surface area contributed by atoms with Crippen molar-refractivity contribution in [2.24, 2.45) is 0 Å². The van der Waals surface area contributed by atoms with E-state index in [1.807, 2.05) is 30.3 Å². The molecule has 2 N–H and O–H groups in total. The van der Waals surface area contributed by atoms with Crippen molar-refractivity contribution in [3.63, 3.8) is 0 Å². The molecule has 3 aromatic rings. The van der Waals surface area contributed by atoms with Gasteiger partial charge in [-0.05, 0) is 23.3 Å². The minimum atomic E-state index is -1.29. The van der Waals surface area contributed by atoms with Crippen LogP contribution >= 0.6 is 0 Å². The summed E-state index contributed by atoms with van der Waals surface area (Å²) in [6, 6.07) is 21.0. The van der Waals surface area contributed by atoms with Gasteiger partial charge in [-0.25, -0.2) is 4.79 Å². The first-order valence-electron chi connectivity index (χ1n) is 8.87. The third-order valence-electron chi connectivity index (χ3n) is 4.47. The predicted molar refractivity (Wildman–Crippen MR) is 108 cm³/mol. The van der Waals surface area contributed by atoms with Crippen LogP contribution in [0.25, 0.3) is 11.1 Å². The maximum absolute atomic E-state index is 12.5. The Bertz CT molecular complexity index is 1030. The summed E-state index contributed by atoms with van der Waals surface area (Å²) < 4.78 is 0. The number of nitro groups is 1. The van der Waals surface area contributed by atoms with E-state index in [2.05, 4.69) is 5.32 Å². The molecule has 0 aliphatic rings. The quantitative estimate of drug-likeness (QED) is 0.472. The molecule has 0 aliphatic heterocycles. The zero-order valence-corrected chi connectivity index (χ0v) is 15.3. The van der Waals surface area contributed by atoms with E-state index in [9.17, 15) is 24.8 Å². The Morgan fingerprint density at radius 1 is 0.897 bits per heavy atom. The highest BCUT2D eigenvalue weighted by molar-refractivity contribution is 5.97. The number of carbonyl (C=O) groups is 2. The van der Waals surface area contributed by atoms with Crippen LogP contribution in [0.5, 0.6) is 0 Å². The smallest absolute Gasteiger partial charge is 0.326 e. The summed E-state index contributed by atoms with van der Waals surface area (Å²) in [4.78, 5) is 34.7. The molecule has 7 nitrogen and oxygen atoms in total. The number of carboxylic acids is 1. The molecule has 1 amide bonds. The van der Waals surface area contributed by atoms with Crippen molar-refractivity contribution in [3.05, 3.63) is 100 Å². The third kappa shape index (κ3) is 4.84. The van der Waals surface area contributed by atoms with E-state index in [1.165, 1.54) is 18.2 Å². The van der Waals surface area contributed by atoms with Crippen LogP contribution in [0.2, 0.25) is 0 Å². The Balaban J connectivity index is 1.75. The standard InChI is InChI=1S/C22H18N2O5/c25-21(17-12-10-16(11-13-17)15-6-2-1-3-7-15)23-19(22(26)27)14-18-8-4-5-9-20(18)24(28)29/h1-13,19H,14H2,(H,23,25)(H,26,27)/t19-/m1/s1. The first-order valence-corrected chi connectivity index (χ1v) is 8.87. The molecule has 146 valence electrons. The molecule has 0 bridgehead atoms. The number of para-hydroxylation sites is 1. The number of carboxylic acid groups (broad SMARTS) is 1. The second kappa shape index (κ2) is 8.79. The molecule has 0 spiro atoms. The van der Waals surface area contributed by atoms with Gasteiger partial charge in [0.15, 0.2) is 0 Å². The van der Waals surface area contributed by atoms with E-state index in [1.54, 1.807) is 30.3 Å². The predicted octanol–water partition coefficient (Wildman–Crippen LogP) is 3.69. The van der Waals surface area contributed by atoms with Crippen molar-refractivity contribution in [1.29, 1.82) is 0 Å². The van der Waals surface area contributed by atoms with Gasteiger partial charge in [-0.15, -0.1) is 0 Å². The van der Waals surface area contributed by atoms with Crippen LogP contribution in [-0.4, -0.2) is 27.9 Å². The summed E-state index contributed by atoms with van der Waals surface area (Å²) in [6.07, 6.45) is -0.194. The molecule has 0 heterocycles. The average molecular weight is 390 g/mol.